The zero-order valence-electron chi connectivity index (χ0n) is 21.5. The fourth-order valence-electron chi connectivity index (χ4n) is 5.21. The van der Waals surface area contributed by atoms with Crippen LogP contribution in [0, 0.1) is 12.3 Å². The van der Waals surface area contributed by atoms with Crippen LogP contribution in [0.2, 0.25) is 0 Å². The summed E-state index contributed by atoms with van der Waals surface area (Å²) < 4.78 is 39.3. The SMILES string of the molecule is C#Cc1ccc2c(c1)[nH]c1c2c(=O)c2cc(CCCC)c(-c3cccc(S(=O)(=O)F)c3)cc2n1CCCC. The Morgan fingerprint density at radius 1 is 1.00 bits per heavy atom. The first-order valence-corrected chi connectivity index (χ1v) is 14.3. The third-order valence-corrected chi connectivity index (χ3v) is 7.98. The summed E-state index contributed by atoms with van der Waals surface area (Å²) >= 11 is 0. The minimum absolute atomic E-state index is 0.0631. The van der Waals surface area contributed by atoms with Crippen molar-refractivity contribution in [1.82, 2.24) is 9.55 Å². The smallest absolute Gasteiger partial charge is 0.332 e. The number of nitrogens with one attached hydrogen (secondary N) is 1. The quantitative estimate of drug-likeness (QED) is 0.173. The number of H-pyrrole nitrogens is 1. The number of aryl methyl sites for hydroxylation is 2. The largest absolute Gasteiger partial charge is 0.340 e. The minimum atomic E-state index is -4.86. The molecule has 0 aliphatic rings. The van der Waals surface area contributed by atoms with Crippen LogP contribution in [0.5, 0.6) is 0 Å². The Kier molecular flexibility index (Phi) is 6.85. The molecule has 5 nitrogen and oxygen atoms in total. The summed E-state index contributed by atoms with van der Waals surface area (Å²) in [4.78, 5) is 17.1. The molecule has 7 heteroatoms. The first-order chi connectivity index (χ1) is 18.3. The molecule has 5 rings (SSSR count). The van der Waals surface area contributed by atoms with Gasteiger partial charge in [-0.3, -0.25) is 4.79 Å². The second-order valence-corrected chi connectivity index (χ2v) is 11.0. The third-order valence-electron chi connectivity index (χ3n) is 7.16. The van der Waals surface area contributed by atoms with E-state index in [2.05, 4.69) is 29.3 Å². The number of terminal acetylenes is 1. The number of nitrogens with zero attached hydrogens (tertiary/aromatic N) is 1. The number of pyridine rings is 1. The number of benzene rings is 3. The van der Waals surface area contributed by atoms with Gasteiger partial charge in [-0.2, -0.15) is 8.42 Å². The summed E-state index contributed by atoms with van der Waals surface area (Å²) in [5, 5.41) is 2.07. The highest BCUT2D eigenvalue weighted by Crippen LogP contribution is 2.34. The summed E-state index contributed by atoms with van der Waals surface area (Å²) in [6.45, 7) is 4.89. The predicted molar refractivity (Wildman–Crippen MR) is 153 cm³/mol. The lowest BCUT2D eigenvalue weighted by molar-refractivity contribution is 0.552. The summed E-state index contributed by atoms with van der Waals surface area (Å²) in [5.41, 5.74) is 5.28. The molecule has 0 saturated heterocycles. The average Bonchev–Trinajstić information content (AvgIpc) is 3.30. The van der Waals surface area contributed by atoms with Crippen LogP contribution in [0.25, 0.3) is 44.0 Å². The molecule has 0 bridgehead atoms. The van der Waals surface area contributed by atoms with Gasteiger partial charge in [-0.05, 0) is 72.4 Å². The lowest BCUT2D eigenvalue weighted by Crippen LogP contribution is -2.12. The zero-order valence-corrected chi connectivity index (χ0v) is 22.3. The summed E-state index contributed by atoms with van der Waals surface area (Å²) in [6.07, 6.45) is 10.0. The lowest BCUT2D eigenvalue weighted by atomic mass is 9.93. The predicted octanol–water partition coefficient (Wildman–Crippen LogP) is 7.09. The van der Waals surface area contributed by atoms with Crippen molar-refractivity contribution in [1.29, 1.82) is 0 Å². The van der Waals surface area contributed by atoms with Gasteiger partial charge < -0.3 is 9.55 Å². The van der Waals surface area contributed by atoms with Gasteiger partial charge in [0.1, 0.15) is 5.65 Å². The second-order valence-electron chi connectivity index (χ2n) is 9.68. The van der Waals surface area contributed by atoms with E-state index >= 15 is 0 Å². The van der Waals surface area contributed by atoms with Gasteiger partial charge in [0, 0.05) is 28.4 Å². The molecule has 38 heavy (non-hydrogen) atoms. The Hall–Kier alpha value is -3.89. The Morgan fingerprint density at radius 2 is 1.79 bits per heavy atom. The first-order valence-electron chi connectivity index (χ1n) is 12.9. The van der Waals surface area contributed by atoms with Crippen LogP contribution in [0.3, 0.4) is 0 Å². The fraction of sp³-hybridized carbons (Fsp3) is 0.258. The maximum atomic E-state index is 14.0. The number of fused-ring (bicyclic) bond motifs is 4. The maximum absolute atomic E-state index is 14.0. The van der Waals surface area contributed by atoms with Gasteiger partial charge in [0.05, 0.1) is 15.8 Å². The number of hydrogen-bond donors (Lipinski definition) is 1. The van der Waals surface area contributed by atoms with Crippen LogP contribution in [0.15, 0.2) is 64.3 Å². The molecule has 1 N–H and O–H groups in total. The standard InChI is InChI=1S/C31H29FN2O3S/c1-4-7-10-22-18-26-28(19-25(22)21-11-9-12-23(17-21)38(32,36)37)34(15-8-5-2)31-29(30(26)35)24-14-13-20(6-3)16-27(24)33-31/h3,9,11-14,16-19,33H,4-5,7-8,10,15H2,1-2H3. The normalized spacial score (nSPS) is 11.9. The van der Waals surface area contributed by atoms with E-state index < -0.39 is 10.2 Å². The molecular weight excluding hydrogens is 499 g/mol. The average molecular weight is 529 g/mol. The van der Waals surface area contributed by atoms with Crippen molar-refractivity contribution in [2.45, 2.75) is 57.4 Å². The van der Waals surface area contributed by atoms with Gasteiger partial charge in [0.15, 0.2) is 5.43 Å². The monoisotopic (exact) mass is 528 g/mol. The number of aromatic nitrogens is 2. The topological polar surface area (TPSA) is 71.9 Å². The molecule has 3 aromatic carbocycles. The van der Waals surface area contributed by atoms with Gasteiger partial charge >= 0.3 is 10.2 Å². The van der Waals surface area contributed by atoms with E-state index in [9.17, 15) is 17.1 Å². The van der Waals surface area contributed by atoms with Crippen LogP contribution in [0.1, 0.15) is 50.7 Å². The van der Waals surface area contributed by atoms with Crippen LogP contribution < -0.4 is 5.43 Å². The van der Waals surface area contributed by atoms with Crippen molar-refractivity contribution in [2.24, 2.45) is 0 Å². The van der Waals surface area contributed by atoms with Gasteiger partial charge in [-0.15, -0.1) is 10.3 Å². The van der Waals surface area contributed by atoms with Gasteiger partial charge in [0.25, 0.3) is 0 Å². The van der Waals surface area contributed by atoms with Crippen LogP contribution in [-0.2, 0) is 23.2 Å². The number of unbranched alkanes of at least 4 members (excludes halogenated alkanes) is 2. The molecule has 0 radical (unpaired) electrons. The fourth-order valence-corrected chi connectivity index (χ4v) is 5.71. The van der Waals surface area contributed by atoms with Crippen molar-refractivity contribution < 1.29 is 12.3 Å². The summed E-state index contributed by atoms with van der Waals surface area (Å²) in [7, 11) is -4.86. The summed E-state index contributed by atoms with van der Waals surface area (Å²) in [5.74, 6) is 2.65. The molecule has 0 spiro atoms. The molecule has 0 unspecified atom stereocenters. The zero-order chi connectivity index (χ0) is 27.0. The van der Waals surface area contributed by atoms with Crippen LogP contribution in [0.4, 0.5) is 3.89 Å². The minimum Gasteiger partial charge on any atom is -0.340 e. The van der Waals surface area contributed by atoms with E-state index in [0.717, 1.165) is 64.4 Å². The highest BCUT2D eigenvalue weighted by molar-refractivity contribution is 7.86. The van der Waals surface area contributed by atoms with Gasteiger partial charge in [0.2, 0.25) is 0 Å². The van der Waals surface area contributed by atoms with Crippen molar-refractivity contribution in [3.05, 3.63) is 75.9 Å². The van der Waals surface area contributed by atoms with Crippen molar-refractivity contribution >= 4 is 43.1 Å². The van der Waals surface area contributed by atoms with E-state index in [1.165, 1.54) is 12.1 Å². The Balaban J connectivity index is 1.89. The highest BCUT2D eigenvalue weighted by atomic mass is 32.3. The lowest BCUT2D eigenvalue weighted by Gasteiger charge is -2.17. The molecule has 0 atom stereocenters. The van der Waals surface area contributed by atoms with E-state index in [1.807, 2.05) is 30.3 Å². The molecule has 5 aromatic rings. The van der Waals surface area contributed by atoms with E-state index in [1.54, 1.807) is 12.1 Å². The molecule has 0 aliphatic heterocycles. The molecule has 0 saturated carbocycles. The highest BCUT2D eigenvalue weighted by Gasteiger charge is 2.20. The van der Waals surface area contributed by atoms with Crippen LogP contribution >= 0.6 is 0 Å². The number of hydrogen-bond acceptors (Lipinski definition) is 3. The molecule has 194 valence electrons. The third kappa shape index (κ3) is 4.50. The molecule has 0 fully saturated rings. The van der Waals surface area contributed by atoms with Crippen LogP contribution in [-0.4, -0.2) is 18.0 Å². The molecule has 2 aromatic heterocycles. The van der Waals surface area contributed by atoms with E-state index in [0.29, 0.717) is 29.3 Å². The van der Waals surface area contributed by atoms with Crippen molar-refractivity contribution in [2.75, 3.05) is 0 Å². The Morgan fingerprint density at radius 3 is 2.50 bits per heavy atom. The second kappa shape index (κ2) is 10.1. The number of rotatable bonds is 8. The maximum Gasteiger partial charge on any atom is 0.332 e. The molecular formula is C31H29FN2O3S. The number of halogens is 1. The number of aromatic amines is 1. The van der Waals surface area contributed by atoms with E-state index in [4.69, 9.17) is 6.42 Å². The first kappa shape index (κ1) is 25.7. The Labute approximate surface area is 221 Å². The van der Waals surface area contributed by atoms with Crippen molar-refractivity contribution in [3.63, 3.8) is 0 Å². The van der Waals surface area contributed by atoms with Gasteiger partial charge in [-0.25, -0.2) is 0 Å². The van der Waals surface area contributed by atoms with Crippen molar-refractivity contribution in [3.8, 4) is 23.5 Å². The van der Waals surface area contributed by atoms with E-state index in [-0.39, 0.29) is 10.3 Å². The Bertz CT molecular complexity index is 1910. The molecule has 2 heterocycles. The molecule has 0 aliphatic carbocycles. The molecule has 0 amide bonds. The van der Waals surface area contributed by atoms with Gasteiger partial charge in [-0.1, -0.05) is 50.8 Å². The summed E-state index contributed by atoms with van der Waals surface area (Å²) in [6, 6.07) is 15.5.